The zero-order valence-electron chi connectivity index (χ0n) is 10.8. The molecule has 17 heavy (non-hydrogen) atoms. The van der Waals surface area contributed by atoms with Crippen LogP contribution in [0, 0.1) is 0 Å². The molecule has 98 valence electrons. The number of carbonyl (C=O) groups is 1. The van der Waals surface area contributed by atoms with E-state index in [-0.39, 0.29) is 6.04 Å². The van der Waals surface area contributed by atoms with E-state index in [1.54, 1.807) is 0 Å². The minimum atomic E-state index is 0.0955. The van der Waals surface area contributed by atoms with Crippen molar-refractivity contribution < 1.29 is 4.79 Å². The van der Waals surface area contributed by atoms with Gasteiger partial charge in [-0.3, -0.25) is 4.79 Å². The average Bonchev–Trinajstić information content (AvgIpc) is 2.67. The fraction of sp³-hybridized carbons (Fsp3) is 0.923. The normalized spacial score (nSPS) is 31.0. The summed E-state index contributed by atoms with van der Waals surface area (Å²) in [6, 6.07) is 0.0955. The van der Waals surface area contributed by atoms with E-state index in [9.17, 15) is 4.79 Å². The Morgan fingerprint density at radius 1 is 1.41 bits per heavy atom. The highest BCUT2D eigenvalue weighted by atomic mass is 32.2. The van der Waals surface area contributed by atoms with Gasteiger partial charge in [0.2, 0.25) is 5.91 Å². The molecule has 0 saturated carbocycles. The summed E-state index contributed by atoms with van der Waals surface area (Å²) in [6.45, 7) is 5.13. The maximum Gasteiger partial charge on any atom is 0.239 e. The van der Waals surface area contributed by atoms with Gasteiger partial charge in [0.1, 0.15) is 0 Å². The number of carbonyl (C=O) groups excluding carboxylic acids is 1. The molecule has 2 unspecified atom stereocenters. The Morgan fingerprint density at radius 3 is 3.12 bits per heavy atom. The van der Waals surface area contributed by atoms with Crippen LogP contribution in [0.15, 0.2) is 0 Å². The van der Waals surface area contributed by atoms with Crippen LogP contribution in [0.1, 0.15) is 39.0 Å². The molecule has 2 heterocycles. The van der Waals surface area contributed by atoms with Crippen LogP contribution in [0.3, 0.4) is 0 Å². The van der Waals surface area contributed by atoms with E-state index >= 15 is 0 Å². The first-order valence-electron chi connectivity index (χ1n) is 6.95. The predicted molar refractivity (Wildman–Crippen MR) is 73.4 cm³/mol. The van der Waals surface area contributed by atoms with E-state index in [1.807, 2.05) is 11.8 Å². The molecule has 2 rings (SSSR count). The van der Waals surface area contributed by atoms with Gasteiger partial charge in [0.15, 0.2) is 0 Å². The Balaban J connectivity index is 1.89. The van der Waals surface area contributed by atoms with E-state index in [0.29, 0.717) is 11.2 Å². The quantitative estimate of drug-likeness (QED) is 0.818. The molecular weight excluding hydrogens is 232 g/mol. The lowest BCUT2D eigenvalue weighted by molar-refractivity contribution is -0.133. The van der Waals surface area contributed by atoms with Gasteiger partial charge < -0.3 is 10.2 Å². The second kappa shape index (κ2) is 6.64. The Morgan fingerprint density at radius 2 is 2.29 bits per heavy atom. The van der Waals surface area contributed by atoms with Crippen LogP contribution in [0.2, 0.25) is 0 Å². The molecule has 3 nitrogen and oxygen atoms in total. The van der Waals surface area contributed by atoms with Crippen LogP contribution >= 0.6 is 11.8 Å². The molecule has 0 aliphatic carbocycles. The Kier molecular flexibility index (Phi) is 5.16. The van der Waals surface area contributed by atoms with E-state index < -0.39 is 0 Å². The lowest BCUT2D eigenvalue weighted by atomic mass is 10.1. The van der Waals surface area contributed by atoms with Gasteiger partial charge >= 0.3 is 0 Å². The first-order chi connectivity index (χ1) is 8.31. The molecule has 2 aliphatic rings. The lowest BCUT2D eigenvalue weighted by Gasteiger charge is -2.34. The van der Waals surface area contributed by atoms with Gasteiger partial charge in [-0.05, 0) is 25.8 Å². The van der Waals surface area contributed by atoms with Crippen LogP contribution in [0.25, 0.3) is 0 Å². The third-order valence-electron chi connectivity index (χ3n) is 3.76. The molecule has 0 radical (unpaired) electrons. The molecule has 0 spiro atoms. The SMILES string of the molecule is CCC1CN(C(=O)C2CCCCCN2)CCS1. The number of amides is 1. The summed E-state index contributed by atoms with van der Waals surface area (Å²) in [5, 5.41) is 4.06. The Hall–Kier alpha value is -0.220. The van der Waals surface area contributed by atoms with Crippen molar-refractivity contribution in [1.29, 1.82) is 0 Å². The molecule has 2 saturated heterocycles. The summed E-state index contributed by atoms with van der Waals surface area (Å²) in [5.74, 6) is 1.46. The molecule has 0 aromatic rings. The summed E-state index contributed by atoms with van der Waals surface area (Å²) in [5.41, 5.74) is 0. The van der Waals surface area contributed by atoms with Crippen LogP contribution in [-0.4, -0.2) is 47.5 Å². The molecule has 1 amide bonds. The van der Waals surface area contributed by atoms with Gasteiger partial charge in [-0.15, -0.1) is 0 Å². The van der Waals surface area contributed by atoms with Crippen molar-refractivity contribution >= 4 is 17.7 Å². The standard InChI is InChI=1S/C13H24N2OS/c1-2-11-10-15(8-9-17-11)13(16)12-6-4-3-5-7-14-12/h11-12,14H,2-10H2,1H3. The predicted octanol–water partition coefficient (Wildman–Crippen LogP) is 1.87. The van der Waals surface area contributed by atoms with Crippen LogP contribution in [-0.2, 0) is 4.79 Å². The van der Waals surface area contributed by atoms with Crippen LogP contribution < -0.4 is 5.32 Å². The van der Waals surface area contributed by atoms with Gasteiger partial charge in [0.05, 0.1) is 6.04 Å². The topological polar surface area (TPSA) is 32.3 Å². The molecule has 2 atom stereocenters. The van der Waals surface area contributed by atoms with Gasteiger partial charge in [0, 0.05) is 24.1 Å². The zero-order chi connectivity index (χ0) is 12.1. The summed E-state index contributed by atoms with van der Waals surface area (Å²) in [6.07, 6.45) is 5.89. The summed E-state index contributed by atoms with van der Waals surface area (Å²) in [7, 11) is 0. The van der Waals surface area contributed by atoms with Crippen molar-refractivity contribution in [2.24, 2.45) is 0 Å². The van der Waals surface area contributed by atoms with E-state index in [1.165, 1.54) is 25.7 Å². The average molecular weight is 256 g/mol. The first-order valence-corrected chi connectivity index (χ1v) is 8.00. The minimum Gasteiger partial charge on any atom is -0.339 e. The van der Waals surface area contributed by atoms with Gasteiger partial charge in [0.25, 0.3) is 0 Å². The number of rotatable bonds is 2. The van der Waals surface area contributed by atoms with E-state index in [0.717, 1.165) is 31.8 Å². The first kappa shape index (κ1) is 13.2. The monoisotopic (exact) mass is 256 g/mol. The molecular formula is C13H24N2OS. The molecule has 2 aliphatic heterocycles. The molecule has 4 heteroatoms. The van der Waals surface area contributed by atoms with E-state index in [2.05, 4.69) is 17.1 Å². The number of nitrogens with one attached hydrogen (secondary N) is 1. The fourth-order valence-corrected chi connectivity index (χ4v) is 3.81. The van der Waals surface area contributed by atoms with Gasteiger partial charge in [-0.1, -0.05) is 19.8 Å². The zero-order valence-corrected chi connectivity index (χ0v) is 11.6. The van der Waals surface area contributed by atoms with Crippen LogP contribution in [0.5, 0.6) is 0 Å². The largest absolute Gasteiger partial charge is 0.339 e. The minimum absolute atomic E-state index is 0.0955. The third kappa shape index (κ3) is 3.62. The molecule has 0 bridgehead atoms. The molecule has 0 aromatic heterocycles. The smallest absolute Gasteiger partial charge is 0.239 e. The van der Waals surface area contributed by atoms with Crippen molar-refractivity contribution in [3.05, 3.63) is 0 Å². The fourth-order valence-electron chi connectivity index (χ4n) is 2.63. The Labute approximate surface area is 109 Å². The highest BCUT2D eigenvalue weighted by Crippen LogP contribution is 2.22. The number of hydrogen-bond donors (Lipinski definition) is 1. The maximum absolute atomic E-state index is 12.4. The summed E-state index contributed by atoms with van der Waals surface area (Å²) in [4.78, 5) is 14.5. The third-order valence-corrected chi connectivity index (χ3v) is 5.14. The van der Waals surface area contributed by atoms with Crippen molar-refractivity contribution in [2.45, 2.75) is 50.3 Å². The van der Waals surface area contributed by atoms with Crippen molar-refractivity contribution in [2.75, 3.05) is 25.4 Å². The van der Waals surface area contributed by atoms with Gasteiger partial charge in [-0.2, -0.15) is 11.8 Å². The highest BCUT2D eigenvalue weighted by molar-refractivity contribution is 8.00. The number of nitrogens with zero attached hydrogens (tertiary/aromatic N) is 1. The van der Waals surface area contributed by atoms with Crippen molar-refractivity contribution in [3.63, 3.8) is 0 Å². The maximum atomic E-state index is 12.4. The second-order valence-electron chi connectivity index (χ2n) is 5.04. The molecule has 2 fully saturated rings. The summed E-state index contributed by atoms with van der Waals surface area (Å²) >= 11 is 2.02. The van der Waals surface area contributed by atoms with Crippen molar-refractivity contribution in [1.82, 2.24) is 10.2 Å². The van der Waals surface area contributed by atoms with Gasteiger partial charge in [-0.25, -0.2) is 0 Å². The van der Waals surface area contributed by atoms with Crippen molar-refractivity contribution in [3.8, 4) is 0 Å². The highest BCUT2D eigenvalue weighted by Gasteiger charge is 2.28. The lowest BCUT2D eigenvalue weighted by Crippen LogP contribution is -2.50. The second-order valence-corrected chi connectivity index (χ2v) is 6.45. The van der Waals surface area contributed by atoms with Crippen LogP contribution in [0.4, 0.5) is 0 Å². The Bertz CT molecular complexity index is 252. The molecule has 0 aromatic carbocycles. The molecule has 1 N–H and O–H groups in total. The number of thioether (sulfide) groups is 1. The summed E-state index contributed by atoms with van der Waals surface area (Å²) < 4.78 is 0. The number of hydrogen-bond acceptors (Lipinski definition) is 3. The van der Waals surface area contributed by atoms with E-state index in [4.69, 9.17) is 0 Å².